The van der Waals surface area contributed by atoms with Crippen LogP contribution in [0.3, 0.4) is 0 Å². The predicted molar refractivity (Wildman–Crippen MR) is 106 cm³/mol. The van der Waals surface area contributed by atoms with E-state index < -0.39 is 10.0 Å². The largest absolute Gasteiger partial charge is 0.447 e. The van der Waals surface area contributed by atoms with Crippen LogP contribution in [0.25, 0.3) is 11.5 Å². The molecule has 0 atom stereocenters. The van der Waals surface area contributed by atoms with Crippen LogP contribution < -0.4 is 0 Å². The molecular weight excluding hydrogens is 422 g/mol. The van der Waals surface area contributed by atoms with Gasteiger partial charge in [-0.2, -0.15) is 9.29 Å². The zero-order valence-corrected chi connectivity index (χ0v) is 17.3. The average molecular weight is 440 g/mol. The molecule has 2 aromatic heterocycles. The number of aromatic nitrogens is 2. The lowest BCUT2D eigenvalue weighted by atomic mass is 10.2. The van der Waals surface area contributed by atoms with Crippen molar-refractivity contribution in [1.82, 2.24) is 14.4 Å². The van der Waals surface area contributed by atoms with Crippen LogP contribution >= 0.6 is 23.4 Å². The third-order valence-electron chi connectivity index (χ3n) is 4.34. The van der Waals surface area contributed by atoms with Crippen LogP contribution in [0, 0.1) is 0 Å². The Hall–Kier alpha value is -1.81. The standard InChI is InChI=1S/C18H18ClN3O4S2/c19-15-6-2-1-5-14(15)18-20-16(21-26-18)12-27-11-13-7-8-17(25-13)28(23,24)22-9-3-4-10-22/h1-2,5-8H,3-4,9-12H2. The summed E-state index contributed by atoms with van der Waals surface area (Å²) in [5.74, 6) is 2.51. The third-order valence-corrected chi connectivity index (χ3v) is 7.40. The molecule has 3 aromatic rings. The maximum atomic E-state index is 12.5. The van der Waals surface area contributed by atoms with E-state index in [4.69, 9.17) is 20.5 Å². The first-order chi connectivity index (χ1) is 13.5. The van der Waals surface area contributed by atoms with Gasteiger partial charge in [-0.1, -0.05) is 28.9 Å². The number of furan rings is 1. The van der Waals surface area contributed by atoms with Crippen LogP contribution in [-0.4, -0.2) is 36.0 Å². The summed E-state index contributed by atoms with van der Waals surface area (Å²) in [7, 11) is -3.52. The van der Waals surface area contributed by atoms with Crippen molar-refractivity contribution in [1.29, 1.82) is 0 Å². The molecule has 1 aromatic carbocycles. The first kappa shape index (κ1) is 19.5. The second-order valence-corrected chi connectivity index (χ2v) is 9.58. The first-order valence-electron chi connectivity index (χ1n) is 8.78. The molecule has 0 spiro atoms. The maximum absolute atomic E-state index is 12.5. The van der Waals surface area contributed by atoms with Crippen molar-refractivity contribution in [2.24, 2.45) is 0 Å². The van der Waals surface area contributed by atoms with Crippen molar-refractivity contribution in [3.05, 3.63) is 53.0 Å². The normalized spacial score (nSPS) is 15.3. The minimum absolute atomic E-state index is 0.00515. The number of nitrogens with zero attached hydrogens (tertiary/aromatic N) is 3. The molecule has 28 heavy (non-hydrogen) atoms. The van der Waals surface area contributed by atoms with E-state index in [9.17, 15) is 8.42 Å². The summed E-state index contributed by atoms with van der Waals surface area (Å²) in [6, 6.07) is 10.5. The topological polar surface area (TPSA) is 89.4 Å². The van der Waals surface area contributed by atoms with Gasteiger partial charge in [0.25, 0.3) is 15.9 Å². The average Bonchev–Trinajstić information content (AvgIpc) is 3.44. The van der Waals surface area contributed by atoms with Crippen LogP contribution in [-0.2, 0) is 21.5 Å². The highest BCUT2D eigenvalue weighted by molar-refractivity contribution is 7.97. The van der Waals surface area contributed by atoms with Gasteiger partial charge >= 0.3 is 0 Å². The highest BCUT2D eigenvalue weighted by Gasteiger charge is 2.29. The van der Waals surface area contributed by atoms with Gasteiger partial charge in [0.05, 0.1) is 22.1 Å². The number of rotatable bonds is 7. The quantitative estimate of drug-likeness (QED) is 0.544. The molecule has 4 rings (SSSR count). The van der Waals surface area contributed by atoms with Crippen molar-refractivity contribution in [3.63, 3.8) is 0 Å². The van der Waals surface area contributed by atoms with Crippen molar-refractivity contribution < 1.29 is 17.4 Å². The Morgan fingerprint density at radius 3 is 2.68 bits per heavy atom. The zero-order valence-electron chi connectivity index (χ0n) is 14.9. The number of hydrogen-bond acceptors (Lipinski definition) is 7. The van der Waals surface area contributed by atoms with E-state index in [0.717, 1.165) is 12.8 Å². The van der Waals surface area contributed by atoms with Gasteiger partial charge in [-0.3, -0.25) is 0 Å². The summed E-state index contributed by atoms with van der Waals surface area (Å²) in [5, 5.41) is 4.52. The van der Waals surface area contributed by atoms with Gasteiger partial charge < -0.3 is 8.94 Å². The second-order valence-electron chi connectivity index (χ2n) is 6.32. The molecule has 1 fully saturated rings. The lowest BCUT2D eigenvalue weighted by Crippen LogP contribution is -2.27. The van der Waals surface area contributed by atoms with Gasteiger partial charge in [-0.25, -0.2) is 8.42 Å². The van der Waals surface area contributed by atoms with Crippen LogP contribution in [0.2, 0.25) is 5.02 Å². The Morgan fingerprint density at radius 2 is 1.89 bits per heavy atom. The van der Waals surface area contributed by atoms with Crippen molar-refractivity contribution >= 4 is 33.4 Å². The zero-order chi connectivity index (χ0) is 19.6. The monoisotopic (exact) mass is 439 g/mol. The Morgan fingerprint density at radius 1 is 1.11 bits per heavy atom. The van der Waals surface area contributed by atoms with E-state index in [1.165, 1.54) is 22.1 Å². The van der Waals surface area contributed by atoms with Gasteiger partial charge in [-0.05, 0) is 37.1 Å². The molecule has 0 radical (unpaired) electrons. The molecule has 0 bridgehead atoms. The number of hydrogen-bond donors (Lipinski definition) is 0. The van der Waals surface area contributed by atoms with E-state index >= 15 is 0 Å². The number of sulfonamides is 1. The molecule has 1 aliphatic rings. The lowest BCUT2D eigenvalue weighted by Gasteiger charge is -2.12. The Labute approximate surface area is 172 Å². The molecule has 0 aliphatic carbocycles. The molecule has 0 amide bonds. The third kappa shape index (κ3) is 4.12. The fourth-order valence-corrected chi connectivity index (χ4v) is 5.35. The van der Waals surface area contributed by atoms with Gasteiger partial charge in [-0.15, -0.1) is 11.8 Å². The van der Waals surface area contributed by atoms with Crippen molar-refractivity contribution in [2.45, 2.75) is 29.4 Å². The molecule has 0 unspecified atom stereocenters. The molecule has 0 N–H and O–H groups in total. The second kappa shape index (κ2) is 8.28. The SMILES string of the molecule is O=S(=O)(c1ccc(CSCc2noc(-c3ccccc3Cl)n2)o1)N1CCCC1. The van der Waals surface area contributed by atoms with Gasteiger partial charge in [0.1, 0.15) is 5.76 Å². The van der Waals surface area contributed by atoms with Gasteiger partial charge in [0.2, 0.25) is 5.09 Å². The highest BCUT2D eigenvalue weighted by atomic mass is 35.5. The molecule has 7 nitrogen and oxygen atoms in total. The molecule has 0 saturated carbocycles. The van der Waals surface area contributed by atoms with Crippen molar-refractivity contribution in [2.75, 3.05) is 13.1 Å². The van der Waals surface area contributed by atoms with E-state index in [1.807, 2.05) is 18.2 Å². The van der Waals surface area contributed by atoms with E-state index in [2.05, 4.69) is 10.1 Å². The maximum Gasteiger partial charge on any atom is 0.276 e. The molecule has 1 saturated heterocycles. The minimum Gasteiger partial charge on any atom is -0.447 e. The number of halogens is 1. The summed E-state index contributed by atoms with van der Waals surface area (Å²) < 4.78 is 37.3. The summed E-state index contributed by atoms with van der Waals surface area (Å²) in [5.41, 5.74) is 0.690. The van der Waals surface area contributed by atoms with Crippen LogP contribution in [0.15, 0.2) is 50.4 Å². The molecule has 148 valence electrons. The van der Waals surface area contributed by atoms with E-state index in [-0.39, 0.29) is 5.09 Å². The van der Waals surface area contributed by atoms with Gasteiger partial charge in [0.15, 0.2) is 5.82 Å². The smallest absolute Gasteiger partial charge is 0.276 e. The molecule has 3 heterocycles. The van der Waals surface area contributed by atoms with Crippen molar-refractivity contribution in [3.8, 4) is 11.5 Å². The molecular formula is C18H18ClN3O4S2. The summed E-state index contributed by atoms with van der Waals surface area (Å²) in [6.07, 6.45) is 1.78. The first-order valence-corrected chi connectivity index (χ1v) is 11.8. The fourth-order valence-electron chi connectivity index (χ4n) is 2.93. The Kier molecular flexibility index (Phi) is 5.77. The summed E-state index contributed by atoms with van der Waals surface area (Å²) in [4.78, 5) is 4.35. The number of thioether (sulfide) groups is 1. The summed E-state index contributed by atoms with van der Waals surface area (Å²) >= 11 is 7.65. The molecule has 10 heteroatoms. The van der Waals surface area contributed by atoms with Crippen LogP contribution in [0.5, 0.6) is 0 Å². The Bertz CT molecular complexity index is 1060. The minimum atomic E-state index is -3.52. The fraction of sp³-hybridized carbons (Fsp3) is 0.333. The lowest BCUT2D eigenvalue weighted by molar-refractivity contribution is 0.397. The van der Waals surface area contributed by atoms with Crippen LogP contribution in [0.4, 0.5) is 0 Å². The predicted octanol–water partition coefficient (Wildman–Crippen LogP) is 4.20. The van der Waals surface area contributed by atoms with E-state index in [1.54, 1.807) is 12.1 Å². The van der Waals surface area contributed by atoms with Crippen LogP contribution in [0.1, 0.15) is 24.4 Å². The Balaban J connectivity index is 1.35. The number of benzene rings is 1. The van der Waals surface area contributed by atoms with E-state index in [0.29, 0.717) is 52.7 Å². The summed E-state index contributed by atoms with van der Waals surface area (Å²) in [6.45, 7) is 1.11. The molecule has 1 aliphatic heterocycles. The van der Waals surface area contributed by atoms with Gasteiger partial charge in [0, 0.05) is 13.1 Å². The highest BCUT2D eigenvalue weighted by Crippen LogP contribution is 2.28.